The molecule has 3 aromatic carbocycles. The predicted molar refractivity (Wildman–Crippen MR) is 128 cm³/mol. The Morgan fingerprint density at radius 3 is 2.30 bits per heavy atom. The molecule has 0 radical (unpaired) electrons. The summed E-state index contributed by atoms with van der Waals surface area (Å²) < 4.78 is 0. The van der Waals surface area contributed by atoms with Crippen LogP contribution in [0.4, 0.5) is 5.69 Å². The van der Waals surface area contributed by atoms with E-state index in [9.17, 15) is 14.4 Å². The van der Waals surface area contributed by atoms with Crippen molar-refractivity contribution in [3.63, 3.8) is 0 Å². The number of nitrogens with one attached hydrogen (secondary N) is 2. The summed E-state index contributed by atoms with van der Waals surface area (Å²) in [6.07, 6.45) is 1.82. The highest BCUT2D eigenvalue weighted by atomic mass is 16.2. The van der Waals surface area contributed by atoms with Crippen LogP contribution < -0.4 is 10.6 Å². The fourth-order valence-corrected chi connectivity index (χ4v) is 3.98. The Labute approximate surface area is 193 Å². The summed E-state index contributed by atoms with van der Waals surface area (Å²) in [6.45, 7) is 1.77. The van der Waals surface area contributed by atoms with Gasteiger partial charge in [-0.15, -0.1) is 0 Å². The summed E-state index contributed by atoms with van der Waals surface area (Å²) >= 11 is 0. The zero-order chi connectivity index (χ0) is 23.0. The standard InChI is InChI=1S/C27H27N3O3/c31-25(30-18-16-20-9-4-5-12-22(20)19-30)15-8-17-28-27(33)23-13-6-7-14-24(23)29-26(32)21-10-2-1-3-11-21/h1-7,9-14H,8,15-19H2,(H,28,33)(H,29,32). The zero-order valence-corrected chi connectivity index (χ0v) is 18.4. The molecule has 168 valence electrons. The molecule has 0 bridgehead atoms. The van der Waals surface area contributed by atoms with Gasteiger partial charge in [0.1, 0.15) is 0 Å². The number of hydrogen-bond acceptors (Lipinski definition) is 3. The Morgan fingerprint density at radius 2 is 1.48 bits per heavy atom. The Morgan fingerprint density at radius 1 is 0.788 bits per heavy atom. The molecule has 0 atom stereocenters. The molecule has 0 spiro atoms. The highest BCUT2D eigenvalue weighted by Gasteiger charge is 2.20. The number of carbonyl (C=O) groups excluding carboxylic acids is 3. The van der Waals surface area contributed by atoms with Crippen molar-refractivity contribution in [2.45, 2.75) is 25.8 Å². The molecule has 3 amide bonds. The van der Waals surface area contributed by atoms with Crippen LogP contribution in [0.3, 0.4) is 0 Å². The van der Waals surface area contributed by atoms with Crippen LogP contribution in [0.1, 0.15) is 44.7 Å². The van der Waals surface area contributed by atoms with E-state index >= 15 is 0 Å². The Hall–Kier alpha value is -3.93. The minimum Gasteiger partial charge on any atom is -0.352 e. The number of benzene rings is 3. The van der Waals surface area contributed by atoms with E-state index < -0.39 is 0 Å². The lowest BCUT2D eigenvalue weighted by Crippen LogP contribution is -2.36. The maximum absolute atomic E-state index is 12.7. The van der Waals surface area contributed by atoms with Gasteiger partial charge in [-0.1, -0.05) is 54.6 Å². The van der Waals surface area contributed by atoms with E-state index in [0.717, 1.165) is 13.0 Å². The number of rotatable bonds is 7. The van der Waals surface area contributed by atoms with Crippen molar-refractivity contribution in [1.82, 2.24) is 10.2 Å². The van der Waals surface area contributed by atoms with Crippen molar-refractivity contribution in [2.75, 3.05) is 18.4 Å². The van der Waals surface area contributed by atoms with Crippen LogP contribution in [-0.2, 0) is 17.8 Å². The van der Waals surface area contributed by atoms with Gasteiger partial charge in [0.2, 0.25) is 5.91 Å². The molecule has 0 unspecified atom stereocenters. The van der Waals surface area contributed by atoms with E-state index in [1.54, 1.807) is 48.5 Å². The summed E-state index contributed by atoms with van der Waals surface area (Å²) in [5.41, 5.74) is 3.88. The van der Waals surface area contributed by atoms with E-state index in [4.69, 9.17) is 0 Å². The molecular formula is C27H27N3O3. The topological polar surface area (TPSA) is 78.5 Å². The lowest BCUT2D eigenvalue weighted by atomic mass is 9.99. The predicted octanol–water partition coefficient (Wildman–Crippen LogP) is 4.03. The molecule has 2 N–H and O–H groups in total. The first-order valence-electron chi connectivity index (χ1n) is 11.2. The summed E-state index contributed by atoms with van der Waals surface area (Å²) in [6, 6.07) is 24.0. The van der Waals surface area contributed by atoms with Crippen LogP contribution in [0.5, 0.6) is 0 Å². The Bertz CT molecular complexity index is 1140. The quantitative estimate of drug-likeness (QED) is 0.544. The molecule has 0 aliphatic carbocycles. The number of hydrogen-bond donors (Lipinski definition) is 2. The fourth-order valence-electron chi connectivity index (χ4n) is 3.98. The molecule has 1 aliphatic heterocycles. The van der Waals surface area contributed by atoms with Crippen LogP contribution >= 0.6 is 0 Å². The van der Waals surface area contributed by atoms with Gasteiger partial charge in [0.15, 0.2) is 0 Å². The summed E-state index contributed by atoms with van der Waals surface area (Å²) in [4.78, 5) is 39.7. The minimum atomic E-state index is -0.279. The van der Waals surface area contributed by atoms with Crippen molar-refractivity contribution in [3.8, 4) is 0 Å². The Kier molecular flexibility index (Phi) is 7.15. The maximum atomic E-state index is 12.7. The first kappa shape index (κ1) is 22.3. The highest BCUT2D eigenvalue weighted by Crippen LogP contribution is 2.19. The number of nitrogens with zero attached hydrogens (tertiary/aromatic N) is 1. The molecule has 6 nitrogen and oxygen atoms in total. The second-order valence-corrected chi connectivity index (χ2v) is 8.06. The molecule has 1 heterocycles. The molecule has 6 heteroatoms. The number of amides is 3. The van der Waals surface area contributed by atoms with E-state index in [-0.39, 0.29) is 17.7 Å². The van der Waals surface area contributed by atoms with Crippen LogP contribution in [0.25, 0.3) is 0 Å². The van der Waals surface area contributed by atoms with Gasteiger partial charge in [-0.2, -0.15) is 0 Å². The second-order valence-electron chi connectivity index (χ2n) is 8.06. The first-order chi connectivity index (χ1) is 16.1. The number of anilines is 1. The fraction of sp³-hybridized carbons (Fsp3) is 0.222. The largest absolute Gasteiger partial charge is 0.352 e. The van der Waals surface area contributed by atoms with Crippen LogP contribution in [-0.4, -0.2) is 35.7 Å². The van der Waals surface area contributed by atoms with Crippen molar-refractivity contribution in [2.24, 2.45) is 0 Å². The maximum Gasteiger partial charge on any atom is 0.255 e. The van der Waals surface area contributed by atoms with Gasteiger partial charge in [0.05, 0.1) is 11.3 Å². The number of carbonyl (C=O) groups is 3. The molecule has 1 aliphatic rings. The molecule has 33 heavy (non-hydrogen) atoms. The summed E-state index contributed by atoms with van der Waals surface area (Å²) in [7, 11) is 0. The SMILES string of the molecule is O=C(Nc1ccccc1C(=O)NCCCC(=O)N1CCc2ccccc2C1)c1ccccc1. The van der Waals surface area contributed by atoms with Gasteiger partial charge in [0.25, 0.3) is 11.8 Å². The van der Waals surface area contributed by atoms with Crippen molar-refractivity contribution in [3.05, 3.63) is 101 Å². The highest BCUT2D eigenvalue weighted by molar-refractivity contribution is 6.08. The second kappa shape index (κ2) is 10.6. The van der Waals surface area contributed by atoms with Crippen molar-refractivity contribution >= 4 is 23.4 Å². The van der Waals surface area contributed by atoms with E-state index in [1.165, 1.54) is 11.1 Å². The van der Waals surface area contributed by atoms with Crippen LogP contribution in [0, 0.1) is 0 Å². The molecular weight excluding hydrogens is 414 g/mol. The Balaban J connectivity index is 1.26. The molecule has 0 aromatic heterocycles. The van der Waals surface area contributed by atoms with E-state index in [0.29, 0.717) is 42.7 Å². The number of para-hydroxylation sites is 1. The average Bonchev–Trinajstić information content (AvgIpc) is 2.87. The third-order valence-corrected chi connectivity index (χ3v) is 5.79. The molecule has 0 fully saturated rings. The third kappa shape index (κ3) is 5.66. The summed E-state index contributed by atoms with van der Waals surface area (Å²) in [5.74, 6) is -0.447. The smallest absolute Gasteiger partial charge is 0.255 e. The van der Waals surface area contributed by atoms with Crippen LogP contribution in [0.15, 0.2) is 78.9 Å². The lowest BCUT2D eigenvalue weighted by molar-refractivity contribution is -0.132. The van der Waals surface area contributed by atoms with Gasteiger partial charge in [-0.25, -0.2) is 0 Å². The molecule has 4 rings (SSSR count). The van der Waals surface area contributed by atoms with Gasteiger partial charge < -0.3 is 15.5 Å². The third-order valence-electron chi connectivity index (χ3n) is 5.79. The van der Waals surface area contributed by atoms with E-state index in [1.807, 2.05) is 23.1 Å². The zero-order valence-electron chi connectivity index (χ0n) is 18.4. The van der Waals surface area contributed by atoms with E-state index in [2.05, 4.69) is 22.8 Å². The number of fused-ring (bicyclic) bond motifs is 1. The van der Waals surface area contributed by atoms with Crippen molar-refractivity contribution < 1.29 is 14.4 Å². The minimum absolute atomic E-state index is 0.106. The van der Waals surface area contributed by atoms with Crippen molar-refractivity contribution in [1.29, 1.82) is 0 Å². The molecule has 3 aromatic rings. The molecule has 0 saturated carbocycles. The summed E-state index contributed by atoms with van der Waals surface area (Å²) in [5, 5.41) is 5.67. The van der Waals surface area contributed by atoms with Crippen LogP contribution in [0.2, 0.25) is 0 Å². The normalized spacial score (nSPS) is 12.5. The van der Waals surface area contributed by atoms with Gasteiger partial charge in [-0.05, 0) is 48.2 Å². The van der Waals surface area contributed by atoms with Gasteiger partial charge >= 0.3 is 0 Å². The average molecular weight is 442 g/mol. The first-order valence-corrected chi connectivity index (χ1v) is 11.2. The van der Waals surface area contributed by atoms with Gasteiger partial charge in [-0.3, -0.25) is 14.4 Å². The lowest BCUT2D eigenvalue weighted by Gasteiger charge is -2.29. The monoisotopic (exact) mass is 441 g/mol. The van der Waals surface area contributed by atoms with Gasteiger partial charge in [0, 0.05) is 31.6 Å². The molecule has 0 saturated heterocycles.